The number of carbonyl (C=O) groups is 1. The molecule has 2 N–H and O–H groups in total. The minimum atomic E-state index is -1.19. The van der Waals surface area contributed by atoms with Crippen molar-refractivity contribution in [3.8, 4) is 11.5 Å². The van der Waals surface area contributed by atoms with Crippen molar-refractivity contribution in [2.75, 3.05) is 13.2 Å². The van der Waals surface area contributed by atoms with Gasteiger partial charge >= 0.3 is 5.97 Å². The van der Waals surface area contributed by atoms with Crippen LogP contribution in [0.15, 0.2) is 16.6 Å². The van der Waals surface area contributed by atoms with Gasteiger partial charge in [0.05, 0.1) is 16.7 Å². The lowest BCUT2D eigenvalue weighted by Crippen LogP contribution is -2.28. The number of aliphatic hydroxyl groups excluding tert-OH is 1. The van der Waals surface area contributed by atoms with Gasteiger partial charge in [-0.05, 0) is 47.5 Å². The Hall–Kier alpha value is -1.31. The number of benzene rings is 1. The highest BCUT2D eigenvalue weighted by molar-refractivity contribution is 9.10. The summed E-state index contributed by atoms with van der Waals surface area (Å²) in [4.78, 5) is 11.4. The minimum absolute atomic E-state index is 0.408. The van der Waals surface area contributed by atoms with E-state index in [9.17, 15) is 15.0 Å². The normalized spacial score (nSPS) is 17.9. The van der Waals surface area contributed by atoms with E-state index >= 15 is 0 Å². The van der Waals surface area contributed by atoms with Crippen molar-refractivity contribution >= 4 is 21.9 Å². The van der Waals surface area contributed by atoms with Gasteiger partial charge in [-0.1, -0.05) is 0 Å². The van der Waals surface area contributed by atoms with Gasteiger partial charge in [0, 0.05) is 0 Å². The van der Waals surface area contributed by atoms with Crippen LogP contribution in [0.5, 0.6) is 11.5 Å². The molecule has 0 radical (unpaired) electrons. The van der Waals surface area contributed by atoms with Gasteiger partial charge in [0.1, 0.15) is 13.2 Å². The fourth-order valence-electron chi connectivity index (χ4n) is 1.89. The molecule has 0 aliphatic carbocycles. The average Bonchev–Trinajstić information content (AvgIpc) is 2.43. The van der Waals surface area contributed by atoms with Crippen LogP contribution >= 0.6 is 15.9 Å². The number of halogens is 1. The zero-order valence-electron chi connectivity index (χ0n) is 11.7. The highest BCUT2D eigenvalue weighted by Crippen LogP contribution is 2.40. The summed E-state index contributed by atoms with van der Waals surface area (Å²) in [5, 5.41) is 18.8. The van der Waals surface area contributed by atoms with E-state index in [4.69, 9.17) is 14.2 Å². The maximum atomic E-state index is 11.4. The molecular formula is C14H17BrO6. The van der Waals surface area contributed by atoms with Gasteiger partial charge in [-0.25, -0.2) is 4.79 Å². The molecular weight excluding hydrogens is 344 g/mol. The van der Waals surface area contributed by atoms with E-state index in [0.29, 0.717) is 34.7 Å². The topological polar surface area (TPSA) is 85.2 Å². The summed E-state index contributed by atoms with van der Waals surface area (Å²) in [6.07, 6.45) is -2.58. The highest BCUT2D eigenvalue weighted by Gasteiger charge is 2.28. The lowest BCUT2D eigenvalue weighted by Gasteiger charge is -2.24. The summed E-state index contributed by atoms with van der Waals surface area (Å²) < 4.78 is 17.0. The van der Waals surface area contributed by atoms with E-state index in [2.05, 4.69) is 15.9 Å². The number of hydrogen-bond acceptors (Lipinski definition) is 5. The maximum Gasteiger partial charge on any atom is 0.337 e. The van der Waals surface area contributed by atoms with Crippen molar-refractivity contribution in [1.29, 1.82) is 0 Å². The Labute approximate surface area is 130 Å². The lowest BCUT2D eigenvalue weighted by atomic mass is 10.1. The number of rotatable bonds is 5. The van der Waals surface area contributed by atoms with E-state index in [0.717, 1.165) is 0 Å². The summed E-state index contributed by atoms with van der Waals surface area (Å²) >= 11 is 3.34. The molecule has 7 heteroatoms. The molecule has 2 rings (SSSR count). The first kappa shape index (κ1) is 16.1. The largest absolute Gasteiger partial charge is 0.486 e. The quantitative estimate of drug-likeness (QED) is 0.836. The van der Waals surface area contributed by atoms with Crippen LogP contribution in [0.1, 0.15) is 25.5 Å². The number of carboxylic acid groups (broad SMARTS) is 1. The molecule has 0 bridgehead atoms. The van der Waals surface area contributed by atoms with Crippen LogP contribution in [-0.4, -0.2) is 41.6 Å². The Bertz CT molecular complexity index is 530. The number of fused-ring (bicyclic) bond motifs is 1. The monoisotopic (exact) mass is 360 g/mol. The molecule has 3 atom stereocenters. The maximum absolute atomic E-state index is 11.4. The Morgan fingerprint density at radius 1 is 1.33 bits per heavy atom. The van der Waals surface area contributed by atoms with E-state index in [1.54, 1.807) is 26.0 Å². The number of hydrogen-bond donors (Lipinski definition) is 2. The molecule has 0 aromatic heterocycles. The fraction of sp³-hybridized carbons (Fsp3) is 0.500. The van der Waals surface area contributed by atoms with Crippen LogP contribution in [0.25, 0.3) is 0 Å². The minimum Gasteiger partial charge on any atom is -0.486 e. The van der Waals surface area contributed by atoms with Gasteiger partial charge in [-0.15, -0.1) is 0 Å². The smallest absolute Gasteiger partial charge is 0.337 e. The molecule has 1 aliphatic rings. The first-order chi connectivity index (χ1) is 9.90. The lowest BCUT2D eigenvalue weighted by molar-refractivity contribution is -0.158. The molecule has 1 aromatic carbocycles. The van der Waals surface area contributed by atoms with Crippen LogP contribution in [-0.2, 0) is 9.53 Å². The third-order valence-electron chi connectivity index (χ3n) is 3.18. The second kappa shape index (κ2) is 6.64. The molecule has 6 nitrogen and oxygen atoms in total. The number of aliphatic hydroxyl groups is 1. The predicted octanol–water partition coefficient (Wildman–Crippen LogP) is 2.13. The highest BCUT2D eigenvalue weighted by atomic mass is 79.9. The van der Waals surface area contributed by atoms with Crippen LogP contribution in [0.4, 0.5) is 0 Å². The van der Waals surface area contributed by atoms with Gasteiger partial charge < -0.3 is 24.4 Å². The van der Waals surface area contributed by atoms with Crippen molar-refractivity contribution in [2.45, 2.75) is 32.2 Å². The summed E-state index contributed by atoms with van der Waals surface area (Å²) in [5.41, 5.74) is 0.422. The van der Waals surface area contributed by atoms with Gasteiger partial charge in [0.25, 0.3) is 0 Å². The van der Waals surface area contributed by atoms with E-state index < -0.39 is 24.3 Å². The van der Waals surface area contributed by atoms with Crippen LogP contribution in [0.2, 0.25) is 0 Å². The van der Waals surface area contributed by atoms with Crippen molar-refractivity contribution < 1.29 is 29.2 Å². The SMILES string of the molecule is CC(O)C(C)OC(C(=O)O)c1cc(Br)c2c(c1)OCCO2. The zero-order valence-corrected chi connectivity index (χ0v) is 13.3. The molecule has 3 unspecified atom stereocenters. The molecule has 1 aromatic rings. The van der Waals surface area contributed by atoms with Gasteiger partial charge in [0.15, 0.2) is 17.6 Å². The molecule has 0 spiro atoms. The summed E-state index contributed by atoms with van der Waals surface area (Å²) in [6, 6.07) is 3.22. The molecule has 0 saturated heterocycles. The Balaban J connectivity index is 2.32. The van der Waals surface area contributed by atoms with Gasteiger partial charge in [-0.3, -0.25) is 0 Å². The van der Waals surface area contributed by atoms with Crippen molar-refractivity contribution in [3.63, 3.8) is 0 Å². The third-order valence-corrected chi connectivity index (χ3v) is 3.77. The van der Waals surface area contributed by atoms with E-state index in [-0.39, 0.29) is 0 Å². The van der Waals surface area contributed by atoms with Crippen molar-refractivity contribution in [3.05, 3.63) is 22.2 Å². The predicted molar refractivity (Wildman–Crippen MR) is 77.7 cm³/mol. The van der Waals surface area contributed by atoms with Crippen molar-refractivity contribution in [2.24, 2.45) is 0 Å². The summed E-state index contributed by atoms with van der Waals surface area (Å²) in [6.45, 7) is 4.02. The number of ether oxygens (including phenoxy) is 3. The number of aliphatic carboxylic acids is 1. The fourth-order valence-corrected chi connectivity index (χ4v) is 2.46. The van der Waals surface area contributed by atoms with Crippen LogP contribution in [0.3, 0.4) is 0 Å². The second-order valence-corrected chi connectivity index (χ2v) is 5.68. The van der Waals surface area contributed by atoms with Crippen LogP contribution in [0, 0.1) is 0 Å². The van der Waals surface area contributed by atoms with E-state index in [1.807, 2.05) is 0 Å². The molecule has 21 heavy (non-hydrogen) atoms. The van der Waals surface area contributed by atoms with Crippen molar-refractivity contribution in [1.82, 2.24) is 0 Å². The molecule has 0 amide bonds. The molecule has 0 saturated carbocycles. The Kier molecular flexibility index (Phi) is 5.08. The molecule has 1 heterocycles. The molecule has 116 valence electrons. The first-order valence-corrected chi connectivity index (χ1v) is 7.34. The number of carboxylic acids is 1. The van der Waals surface area contributed by atoms with Crippen LogP contribution < -0.4 is 9.47 Å². The van der Waals surface area contributed by atoms with Gasteiger partial charge in [0.2, 0.25) is 0 Å². The first-order valence-electron chi connectivity index (χ1n) is 6.55. The van der Waals surface area contributed by atoms with Gasteiger partial charge in [-0.2, -0.15) is 0 Å². The Morgan fingerprint density at radius 2 is 2.00 bits per heavy atom. The molecule has 1 aliphatic heterocycles. The molecule has 0 fully saturated rings. The second-order valence-electron chi connectivity index (χ2n) is 4.83. The third kappa shape index (κ3) is 3.66. The average molecular weight is 361 g/mol. The summed E-state index contributed by atoms with van der Waals surface area (Å²) in [5.74, 6) is -0.103. The summed E-state index contributed by atoms with van der Waals surface area (Å²) in [7, 11) is 0. The van der Waals surface area contributed by atoms with E-state index in [1.165, 1.54) is 0 Å². The standard InChI is InChI=1S/C14H17BrO6/c1-7(16)8(2)21-12(14(17)18)9-5-10(15)13-11(6-9)19-3-4-20-13/h5-8,12,16H,3-4H2,1-2H3,(H,17,18). The zero-order chi connectivity index (χ0) is 15.6. The Morgan fingerprint density at radius 3 is 2.62 bits per heavy atom.